The van der Waals surface area contributed by atoms with Gasteiger partial charge in [0.2, 0.25) is 0 Å². The third kappa shape index (κ3) is 6.17. The molecule has 0 bridgehead atoms. The van der Waals surface area contributed by atoms with Crippen molar-refractivity contribution >= 4 is 16.8 Å². The van der Waals surface area contributed by atoms with Gasteiger partial charge >= 0.3 is 11.9 Å². The largest absolute Gasteiger partial charge is 0.417 e. The molecule has 0 aliphatic carbocycles. The van der Waals surface area contributed by atoms with E-state index in [1.54, 1.807) is 32.0 Å². The Labute approximate surface area is 233 Å². The number of hydrogen-bond donors (Lipinski definition) is 3. The van der Waals surface area contributed by atoms with Crippen molar-refractivity contribution in [1.82, 2.24) is 19.7 Å². The van der Waals surface area contributed by atoms with E-state index in [0.717, 1.165) is 17.0 Å². The highest BCUT2D eigenvalue weighted by Gasteiger charge is 2.43. The van der Waals surface area contributed by atoms with Gasteiger partial charge in [-0.15, -0.1) is 0 Å². The summed E-state index contributed by atoms with van der Waals surface area (Å²) in [6.45, 7) is 2.00. The topological polar surface area (TPSA) is 88.0 Å². The summed E-state index contributed by atoms with van der Waals surface area (Å²) >= 11 is 0. The van der Waals surface area contributed by atoms with Crippen LogP contribution in [0, 0.1) is 11.6 Å². The van der Waals surface area contributed by atoms with Gasteiger partial charge in [-0.1, -0.05) is 12.1 Å². The maximum Gasteiger partial charge on any atom is 0.417 e. The van der Waals surface area contributed by atoms with Crippen molar-refractivity contribution in [3.8, 4) is 0 Å². The van der Waals surface area contributed by atoms with Gasteiger partial charge in [0, 0.05) is 42.5 Å². The summed E-state index contributed by atoms with van der Waals surface area (Å²) in [6.07, 6.45) is -1.68. The number of benzene rings is 2. The highest BCUT2D eigenvalue weighted by Crippen LogP contribution is 2.43. The molecule has 1 unspecified atom stereocenters. The molecule has 0 amide bonds. The Morgan fingerprint density at radius 3 is 2.54 bits per heavy atom. The van der Waals surface area contributed by atoms with E-state index in [1.807, 2.05) is 6.08 Å². The molecule has 13 heteroatoms. The van der Waals surface area contributed by atoms with Crippen molar-refractivity contribution < 1.29 is 31.5 Å². The number of rotatable bonds is 8. The number of fused-ring (bicyclic) bond motifs is 3. The molecule has 1 fully saturated rings. The fourth-order valence-electron chi connectivity index (χ4n) is 5.65. The molecule has 0 radical (unpaired) electrons. The van der Waals surface area contributed by atoms with Crippen LogP contribution >= 0.6 is 0 Å². The van der Waals surface area contributed by atoms with E-state index >= 15 is 8.78 Å². The van der Waals surface area contributed by atoms with Crippen molar-refractivity contribution in [3.63, 3.8) is 0 Å². The van der Waals surface area contributed by atoms with E-state index in [4.69, 9.17) is 4.42 Å². The van der Waals surface area contributed by atoms with Crippen LogP contribution in [-0.2, 0) is 6.42 Å². The SMILES string of the molecule is C[C@@H]1Cc2c(ccc3[nH]c(=O)oc23)[C@@H](c2c(F)cc(NC3CN(C/C=C/C(O)N(C)C)C3)cc2F)N1CC(F)(F)F. The third-order valence-electron chi connectivity index (χ3n) is 7.66. The molecule has 1 saturated heterocycles. The van der Waals surface area contributed by atoms with Crippen LogP contribution in [0.2, 0.25) is 0 Å². The number of anilines is 1. The molecule has 3 atom stereocenters. The number of hydrogen-bond acceptors (Lipinski definition) is 7. The molecule has 5 rings (SSSR count). The number of likely N-dealkylation sites (N-methyl/N-ethyl adjacent to an activating group) is 1. The fraction of sp³-hybridized carbons (Fsp3) is 0.464. The monoisotopic (exact) mass is 581 g/mol. The summed E-state index contributed by atoms with van der Waals surface area (Å²) in [7, 11) is 3.51. The zero-order valence-electron chi connectivity index (χ0n) is 22.8. The molecule has 0 spiro atoms. The summed E-state index contributed by atoms with van der Waals surface area (Å²) in [5, 5.41) is 12.9. The second kappa shape index (κ2) is 11.2. The highest BCUT2D eigenvalue weighted by atomic mass is 19.4. The molecule has 2 aliphatic heterocycles. The Morgan fingerprint density at radius 1 is 1.22 bits per heavy atom. The quantitative estimate of drug-likeness (QED) is 0.212. The van der Waals surface area contributed by atoms with E-state index in [9.17, 15) is 23.1 Å². The normalized spacial score (nSPS) is 21.5. The first-order valence-corrected chi connectivity index (χ1v) is 13.3. The second-order valence-electron chi connectivity index (χ2n) is 11.0. The number of nitrogens with zero attached hydrogens (tertiary/aromatic N) is 3. The Hall–Kier alpha value is -3.26. The number of oxazole rings is 1. The van der Waals surface area contributed by atoms with E-state index in [-0.39, 0.29) is 29.3 Å². The molecule has 3 heterocycles. The first kappa shape index (κ1) is 29.2. The molecular weight excluding hydrogens is 549 g/mol. The average molecular weight is 582 g/mol. The number of halogens is 5. The van der Waals surface area contributed by atoms with Crippen LogP contribution in [0.5, 0.6) is 0 Å². The van der Waals surface area contributed by atoms with E-state index in [0.29, 0.717) is 30.7 Å². The third-order valence-corrected chi connectivity index (χ3v) is 7.66. The Bertz CT molecular complexity index is 1470. The summed E-state index contributed by atoms with van der Waals surface area (Å²) in [5.41, 5.74) is 0.928. The molecule has 222 valence electrons. The first-order chi connectivity index (χ1) is 19.3. The number of H-pyrrole nitrogens is 1. The van der Waals surface area contributed by atoms with Crippen LogP contribution in [0.1, 0.15) is 29.7 Å². The predicted molar refractivity (Wildman–Crippen MR) is 144 cm³/mol. The van der Waals surface area contributed by atoms with Crippen molar-refractivity contribution in [2.75, 3.05) is 45.6 Å². The van der Waals surface area contributed by atoms with Crippen LogP contribution in [0.4, 0.5) is 27.6 Å². The van der Waals surface area contributed by atoms with Crippen molar-refractivity contribution in [2.45, 2.75) is 43.9 Å². The summed E-state index contributed by atoms with van der Waals surface area (Å²) < 4.78 is 77.6. The van der Waals surface area contributed by atoms with Gasteiger partial charge in [0.25, 0.3) is 0 Å². The number of aromatic nitrogens is 1. The van der Waals surface area contributed by atoms with Gasteiger partial charge in [0.15, 0.2) is 5.58 Å². The van der Waals surface area contributed by atoms with E-state index < -0.39 is 54.0 Å². The maximum absolute atomic E-state index is 15.7. The molecular formula is C28H32F5N5O3. The summed E-state index contributed by atoms with van der Waals surface area (Å²) in [6, 6.07) is 2.94. The maximum atomic E-state index is 15.7. The molecule has 41 heavy (non-hydrogen) atoms. The Kier molecular flexibility index (Phi) is 7.99. The molecule has 2 aliphatic rings. The van der Waals surface area contributed by atoms with Gasteiger partial charge in [-0.3, -0.25) is 19.7 Å². The lowest BCUT2D eigenvalue weighted by Crippen LogP contribution is -2.54. The van der Waals surface area contributed by atoms with Crippen molar-refractivity contribution in [2.24, 2.45) is 0 Å². The number of aliphatic hydroxyl groups is 1. The smallest absolute Gasteiger partial charge is 0.408 e. The lowest BCUT2D eigenvalue weighted by Gasteiger charge is -2.42. The van der Waals surface area contributed by atoms with Gasteiger partial charge in [0.1, 0.15) is 17.9 Å². The second-order valence-corrected chi connectivity index (χ2v) is 11.0. The molecule has 1 aromatic heterocycles. The lowest BCUT2D eigenvalue weighted by molar-refractivity contribution is -0.155. The van der Waals surface area contributed by atoms with E-state index in [2.05, 4.69) is 15.2 Å². The van der Waals surface area contributed by atoms with Gasteiger partial charge in [-0.2, -0.15) is 13.2 Å². The Balaban J connectivity index is 1.40. The zero-order chi connectivity index (χ0) is 29.6. The number of aliphatic hydroxyl groups excluding tert-OH is 1. The minimum Gasteiger partial charge on any atom is -0.408 e. The fourth-order valence-corrected chi connectivity index (χ4v) is 5.65. The molecule has 8 nitrogen and oxygen atoms in total. The average Bonchev–Trinajstić information content (AvgIpc) is 3.23. The summed E-state index contributed by atoms with van der Waals surface area (Å²) in [4.78, 5) is 19.1. The van der Waals surface area contributed by atoms with Gasteiger partial charge in [0.05, 0.1) is 24.1 Å². The van der Waals surface area contributed by atoms with Crippen LogP contribution < -0.4 is 11.1 Å². The predicted octanol–water partition coefficient (Wildman–Crippen LogP) is 3.83. The van der Waals surface area contributed by atoms with Crippen LogP contribution in [0.3, 0.4) is 0 Å². The van der Waals surface area contributed by atoms with E-state index in [1.165, 1.54) is 12.1 Å². The number of nitrogens with one attached hydrogen (secondary N) is 2. The molecule has 3 N–H and O–H groups in total. The standard InChI is InChI=1S/C28H32F5N5O3/c1-15-9-19-18(6-7-22-26(19)41-27(40)35-22)25(38(15)14-28(31,32)33)24-20(29)10-16(11-21(24)30)34-17-12-37(13-17)8-4-5-23(39)36(2)3/h4-7,10-11,15,17,23,25,34,39H,8-9,12-14H2,1-3H3,(H,35,40)/b5-4+/t15-,23?,25+/m1/s1. The first-order valence-electron chi connectivity index (χ1n) is 13.3. The highest BCUT2D eigenvalue weighted by molar-refractivity contribution is 5.78. The molecule has 3 aromatic rings. The van der Waals surface area contributed by atoms with Crippen LogP contribution in [0.15, 0.2) is 45.6 Å². The van der Waals surface area contributed by atoms with Gasteiger partial charge < -0.3 is 14.8 Å². The van der Waals surface area contributed by atoms with Crippen LogP contribution in [-0.4, -0.2) is 89.6 Å². The molecule has 2 aromatic carbocycles. The number of alkyl halides is 3. The summed E-state index contributed by atoms with van der Waals surface area (Å²) in [5.74, 6) is -2.67. The van der Waals surface area contributed by atoms with Gasteiger partial charge in [-0.05, 0) is 57.3 Å². The Morgan fingerprint density at radius 2 is 1.90 bits per heavy atom. The lowest BCUT2D eigenvalue weighted by atomic mass is 9.84. The minimum atomic E-state index is -4.61. The van der Waals surface area contributed by atoms with Crippen LogP contribution in [0.25, 0.3) is 11.1 Å². The number of aromatic amines is 1. The van der Waals surface area contributed by atoms with Gasteiger partial charge in [-0.25, -0.2) is 13.6 Å². The van der Waals surface area contributed by atoms with Crippen molar-refractivity contribution in [3.05, 3.63) is 75.3 Å². The minimum absolute atomic E-state index is 0.0752. The number of likely N-dealkylation sites (tertiary alicyclic amines) is 1. The zero-order valence-corrected chi connectivity index (χ0v) is 22.8. The van der Waals surface area contributed by atoms with Crippen molar-refractivity contribution in [1.29, 1.82) is 0 Å². The molecule has 0 saturated carbocycles.